The molecule has 0 bridgehead atoms. The molecule has 0 fully saturated rings. The molecule has 1 aromatic rings. The molecule has 0 radical (unpaired) electrons. The number of alkyl halides is 1. The summed E-state index contributed by atoms with van der Waals surface area (Å²) in [5.74, 6) is 3.16. The lowest BCUT2D eigenvalue weighted by Crippen LogP contribution is -1.96. The van der Waals surface area contributed by atoms with Gasteiger partial charge in [0.25, 0.3) is 0 Å². The maximum Gasteiger partial charge on any atom is 0.0753 e. The minimum absolute atomic E-state index is 0.401. The lowest BCUT2D eigenvalue weighted by atomic mass is 10.2. The predicted octanol–water partition coefficient (Wildman–Crippen LogP) is 2.02. The fourth-order valence-electron chi connectivity index (χ4n) is 1.07. The van der Waals surface area contributed by atoms with Crippen LogP contribution in [-0.4, -0.2) is 9.78 Å². The molecule has 64 valence electrons. The summed E-state index contributed by atoms with van der Waals surface area (Å²) in [6, 6.07) is 0. The average molecular weight is 203 g/mol. The van der Waals surface area contributed by atoms with Crippen LogP contribution in [0.25, 0.3) is 0 Å². The summed E-state index contributed by atoms with van der Waals surface area (Å²) in [4.78, 5) is 0. The number of hydrogen-bond acceptors (Lipinski definition) is 1. The molecule has 12 heavy (non-hydrogen) atoms. The number of aryl methyl sites for hydroxylation is 2. The molecule has 0 aliphatic rings. The van der Waals surface area contributed by atoms with Gasteiger partial charge in [0.15, 0.2) is 0 Å². The lowest BCUT2D eigenvalue weighted by molar-refractivity contribution is 0.726. The number of aromatic nitrogens is 2. The topological polar surface area (TPSA) is 17.8 Å². The van der Waals surface area contributed by atoms with Crippen molar-refractivity contribution in [1.29, 1.82) is 0 Å². The molecular weight excluding hydrogens is 195 g/mol. The van der Waals surface area contributed by atoms with Crippen LogP contribution in [0.1, 0.15) is 17.0 Å². The Kier molecular flexibility index (Phi) is 3.02. The average Bonchev–Trinajstić information content (AvgIpc) is 2.28. The second kappa shape index (κ2) is 3.84. The third-order valence-corrected chi connectivity index (χ3v) is 1.99. The van der Waals surface area contributed by atoms with E-state index in [9.17, 15) is 0 Å². The summed E-state index contributed by atoms with van der Waals surface area (Å²) >= 11 is 11.0. The SMILES string of the molecule is Cc1nn(C)c(CCl)c1C#CCl. The summed E-state index contributed by atoms with van der Waals surface area (Å²) in [6.07, 6.45) is 0. The van der Waals surface area contributed by atoms with E-state index in [0.717, 1.165) is 17.0 Å². The first-order chi connectivity index (χ1) is 5.70. The van der Waals surface area contributed by atoms with Crippen molar-refractivity contribution in [3.8, 4) is 11.3 Å². The van der Waals surface area contributed by atoms with E-state index in [4.69, 9.17) is 23.2 Å². The molecule has 1 aromatic heterocycles. The Bertz CT molecular complexity index is 344. The third-order valence-electron chi connectivity index (χ3n) is 1.64. The molecule has 0 saturated heterocycles. The van der Waals surface area contributed by atoms with Crippen LogP contribution in [0.15, 0.2) is 0 Å². The molecule has 0 aromatic carbocycles. The normalized spacial score (nSPS) is 9.33. The quantitative estimate of drug-likeness (QED) is 0.504. The summed E-state index contributed by atoms with van der Waals surface area (Å²) in [6.45, 7) is 1.88. The Morgan fingerprint density at radius 3 is 2.75 bits per heavy atom. The highest BCUT2D eigenvalue weighted by atomic mass is 35.5. The van der Waals surface area contributed by atoms with Crippen molar-refractivity contribution < 1.29 is 0 Å². The van der Waals surface area contributed by atoms with Gasteiger partial charge < -0.3 is 0 Å². The third kappa shape index (κ3) is 1.57. The van der Waals surface area contributed by atoms with Crippen molar-refractivity contribution in [2.75, 3.05) is 0 Å². The summed E-state index contributed by atoms with van der Waals surface area (Å²) in [5.41, 5.74) is 2.60. The largest absolute Gasteiger partial charge is 0.270 e. The number of hydrogen-bond donors (Lipinski definition) is 0. The first-order valence-electron chi connectivity index (χ1n) is 3.40. The summed E-state index contributed by atoms with van der Waals surface area (Å²) in [7, 11) is 1.84. The van der Waals surface area contributed by atoms with E-state index in [0.29, 0.717) is 5.88 Å². The molecule has 0 saturated carbocycles. The van der Waals surface area contributed by atoms with Crippen LogP contribution < -0.4 is 0 Å². The fraction of sp³-hybridized carbons (Fsp3) is 0.375. The Labute approximate surface area is 81.5 Å². The van der Waals surface area contributed by atoms with E-state index in [1.54, 1.807) is 4.68 Å². The molecular formula is C8H8Cl2N2. The van der Waals surface area contributed by atoms with Crippen LogP contribution in [0.3, 0.4) is 0 Å². The van der Waals surface area contributed by atoms with Crippen LogP contribution in [-0.2, 0) is 12.9 Å². The summed E-state index contributed by atoms with van der Waals surface area (Å²) in [5, 5.41) is 6.49. The smallest absolute Gasteiger partial charge is 0.0753 e. The molecule has 0 aliphatic carbocycles. The second-order valence-electron chi connectivity index (χ2n) is 2.38. The Morgan fingerprint density at radius 2 is 2.25 bits per heavy atom. The zero-order chi connectivity index (χ0) is 9.14. The predicted molar refractivity (Wildman–Crippen MR) is 50.2 cm³/mol. The molecule has 0 amide bonds. The zero-order valence-electron chi connectivity index (χ0n) is 6.86. The van der Waals surface area contributed by atoms with Crippen molar-refractivity contribution in [3.05, 3.63) is 17.0 Å². The van der Waals surface area contributed by atoms with Crippen molar-refractivity contribution in [3.63, 3.8) is 0 Å². The molecule has 4 heteroatoms. The van der Waals surface area contributed by atoms with Gasteiger partial charge in [-0.2, -0.15) is 5.10 Å². The maximum absolute atomic E-state index is 5.71. The molecule has 1 heterocycles. The molecule has 0 N–H and O–H groups in total. The highest BCUT2D eigenvalue weighted by Gasteiger charge is 2.09. The van der Waals surface area contributed by atoms with Gasteiger partial charge in [0.1, 0.15) is 0 Å². The molecule has 0 unspecified atom stereocenters. The van der Waals surface area contributed by atoms with Crippen molar-refractivity contribution in [2.45, 2.75) is 12.8 Å². The van der Waals surface area contributed by atoms with Crippen LogP contribution in [0.4, 0.5) is 0 Å². The number of halogens is 2. The van der Waals surface area contributed by atoms with E-state index < -0.39 is 0 Å². The Balaban J connectivity index is 3.29. The first-order valence-corrected chi connectivity index (χ1v) is 4.32. The van der Waals surface area contributed by atoms with E-state index in [-0.39, 0.29) is 0 Å². The van der Waals surface area contributed by atoms with Crippen molar-refractivity contribution >= 4 is 23.2 Å². The van der Waals surface area contributed by atoms with Gasteiger partial charge in [-0.15, -0.1) is 11.6 Å². The van der Waals surface area contributed by atoms with Crippen LogP contribution in [0.5, 0.6) is 0 Å². The van der Waals surface area contributed by atoms with Gasteiger partial charge in [-0.05, 0) is 24.4 Å². The van der Waals surface area contributed by atoms with Gasteiger partial charge in [0, 0.05) is 12.4 Å². The van der Waals surface area contributed by atoms with Gasteiger partial charge in [-0.3, -0.25) is 4.68 Å². The number of rotatable bonds is 1. The van der Waals surface area contributed by atoms with E-state index >= 15 is 0 Å². The van der Waals surface area contributed by atoms with Crippen molar-refractivity contribution in [2.24, 2.45) is 7.05 Å². The molecule has 0 atom stereocenters. The number of nitrogens with zero attached hydrogens (tertiary/aromatic N) is 2. The Morgan fingerprint density at radius 1 is 1.58 bits per heavy atom. The van der Waals surface area contributed by atoms with Crippen LogP contribution >= 0.6 is 23.2 Å². The van der Waals surface area contributed by atoms with E-state index in [2.05, 4.69) is 16.4 Å². The fourth-order valence-corrected chi connectivity index (χ4v) is 1.47. The molecule has 0 spiro atoms. The van der Waals surface area contributed by atoms with Gasteiger partial charge in [0.05, 0.1) is 22.8 Å². The molecule has 1 rings (SSSR count). The molecule has 2 nitrogen and oxygen atoms in total. The lowest BCUT2D eigenvalue weighted by Gasteiger charge is -1.94. The van der Waals surface area contributed by atoms with Crippen LogP contribution in [0, 0.1) is 18.2 Å². The minimum atomic E-state index is 0.401. The standard InChI is InChI=1S/C8H8Cl2N2/c1-6-7(3-4-9)8(5-10)12(2)11-6/h5H2,1-2H3. The maximum atomic E-state index is 5.71. The van der Waals surface area contributed by atoms with Gasteiger partial charge >= 0.3 is 0 Å². The van der Waals surface area contributed by atoms with E-state index in [1.165, 1.54) is 0 Å². The van der Waals surface area contributed by atoms with E-state index in [1.807, 2.05) is 14.0 Å². The van der Waals surface area contributed by atoms with Gasteiger partial charge in [-0.25, -0.2) is 0 Å². The Hall–Kier alpha value is -0.650. The van der Waals surface area contributed by atoms with Gasteiger partial charge in [0.2, 0.25) is 0 Å². The second-order valence-corrected chi connectivity index (χ2v) is 2.84. The highest BCUT2D eigenvalue weighted by Crippen LogP contribution is 2.13. The van der Waals surface area contributed by atoms with Crippen LogP contribution in [0.2, 0.25) is 0 Å². The zero-order valence-corrected chi connectivity index (χ0v) is 8.37. The van der Waals surface area contributed by atoms with Gasteiger partial charge in [-0.1, -0.05) is 0 Å². The molecule has 0 aliphatic heterocycles. The summed E-state index contributed by atoms with van der Waals surface area (Å²) < 4.78 is 1.72. The monoisotopic (exact) mass is 202 g/mol. The van der Waals surface area contributed by atoms with Crippen molar-refractivity contribution in [1.82, 2.24) is 9.78 Å². The first kappa shape index (κ1) is 9.44. The minimum Gasteiger partial charge on any atom is -0.270 e. The highest BCUT2D eigenvalue weighted by molar-refractivity contribution is 6.30.